The highest BCUT2D eigenvalue weighted by Gasteiger charge is 2.24. The second-order valence-electron chi connectivity index (χ2n) is 5.52. The molecule has 0 radical (unpaired) electrons. The Labute approximate surface area is 122 Å². The van der Waals surface area contributed by atoms with Gasteiger partial charge in [-0.05, 0) is 30.9 Å². The number of hydrogen-bond donors (Lipinski definition) is 1. The van der Waals surface area contributed by atoms with Gasteiger partial charge in [0.25, 0.3) is 0 Å². The fourth-order valence-corrected chi connectivity index (χ4v) is 4.42. The maximum absolute atomic E-state index is 12.1. The van der Waals surface area contributed by atoms with Crippen LogP contribution in [0.25, 0.3) is 11.0 Å². The van der Waals surface area contributed by atoms with Crippen LogP contribution in [0.15, 0.2) is 23.0 Å². The summed E-state index contributed by atoms with van der Waals surface area (Å²) in [7, 11) is -1.29. The number of imidazole rings is 1. The van der Waals surface area contributed by atoms with Crippen molar-refractivity contribution in [3.05, 3.63) is 28.7 Å². The van der Waals surface area contributed by atoms with Crippen LogP contribution in [0.5, 0.6) is 5.75 Å². The zero-order valence-corrected chi connectivity index (χ0v) is 12.6. The molecule has 1 aliphatic heterocycles. The smallest absolute Gasteiger partial charge is 0.326 e. The van der Waals surface area contributed by atoms with Gasteiger partial charge in [0.05, 0.1) is 29.6 Å². The molecule has 1 fully saturated rings. The van der Waals surface area contributed by atoms with Gasteiger partial charge in [0, 0.05) is 12.6 Å². The number of H-pyrrole nitrogens is 1. The molecule has 21 heavy (non-hydrogen) atoms. The van der Waals surface area contributed by atoms with E-state index in [-0.39, 0.29) is 23.1 Å². The number of rotatable bonds is 3. The Bertz CT molecular complexity index is 805. The summed E-state index contributed by atoms with van der Waals surface area (Å²) in [5.74, 6) is 1.37. The normalized spacial score (nSPS) is 18.9. The lowest BCUT2D eigenvalue weighted by Crippen LogP contribution is -2.29. The zero-order valence-electron chi connectivity index (χ0n) is 11.8. The highest BCUT2D eigenvalue weighted by Crippen LogP contribution is 2.23. The molecule has 0 amide bonds. The van der Waals surface area contributed by atoms with Crippen LogP contribution >= 0.6 is 0 Å². The van der Waals surface area contributed by atoms with Crippen LogP contribution in [0, 0.1) is 5.92 Å². The van der Waals surface area contributed by atoms with Crippen LogP contribution in [0.3, 0.4) is 0 Å². The molecule has 1 aromatic carbocycles. The van der Waals surface area contributed by atoms with Gasteiger partial charge in [-0.3, -0.25) is 4.57 Å². The minimum atomic E-state index is -2.87. The van der Waals surface area contributed by atoms with E-state index in [0.29, 0.717) is 25.1 Å². The average Bonchev–Trinajstić information content (AvgIpc) is 2.76. The summed E-state index contributed by atoms with van der Waals surface area (Å²) in [6.07, 6.45) is 1.25. The number of fused-ring (bicyclic) bond motifs is 1. The molecule has 0 bridgehead atoms. The molecular weight excluding hydrogens is 292 g/mol. The number of aromatic amines is 1. The van der Waals surface area contributed by atoms with Gasteiger partial charge < -0.3 is 9.72 Å². The minimum Gasteiger partial charge on any atom is -0.497 e. The lowest BCUT2D eigenvalue weighted by molar-refractivity contribution is 0.404. The van der Waals surface area contributed by atoms with Crippen LogP contribution in [-0.2, 0) is 16.4 Å². The Morgan fingerprint density at radius 2 is 2.05 bits per heavy atom. The number of nitrogens with one attached hydrogen (secondary N) is 1. The third-order valence-corrected chi connectivity index (χ3v) is 5.81. The molecule has 1 saturated heterocycles. The van der Waals surface area contributed by atoms with E-state index in [1.165, 1.54) is 0 Å². The largest absolute Gasteiger partial charge is 0.497 e. The number of aromatic nitrogens is 2. The van der Waals surface area contributed by atoms with Crippen molar-refractivity contribution in [2.24, 2.45) is 5.92 Å². The molecule has 0 unspecified atom stereocenters. The molecule has 0 saturated carbocycles. The molecule has 1 aromatic heterocycles. The summed E-state index contributed by atoms with van der Waals surface area (Å²) in [6, 6.07) is 5.46. The van der Waals surface area contributed by atoms with Crippen molar-refractivity contribution in [3.8, 4) is 5.75 Å². The van der Waals surface area contributed by atoms with E-state index in [2.05, 4.69) is 4.98 Å². The van der Waals surface area contributed by atoms with Crippen molar-refractivity contribution < 1.29 is 13.2 Å². The Morgan fingerprint density at radius 1 is 1.33 bits per heavy atom. The van der Waals surface area contributed by atoms with Crippen molar-refractivity contribution in [2.75, 3.05) is 18.6 Å². The predicted octanol–water partition coefficient (Wildman–Crippen LogP) is 1.16. The van der Waals surface area contributed by atoms with Crippen LogP contribution in [0.4, 0.5) is 0 Å². The number of ether oxygens (including phenoxy) is 1. The molecule has 2 heterocycles. The molecule has 6 nitrogen and oxygen atoms in total. The number of sulfone groups is 1. The molecule has 0 spiro atoms. The summed E-state index contributed by atoms with van der Waals surface area (Å²) >= 11 is 0. The lowest BCUT2D eigenvalue weighted by Gasteiger charge is -2.22. The number of hydrogen-bond acceptors (Lipinski definition) is 4. The maximum Gasteiger partial charge on any atom is 0.326 e. The quantitative estimate of drug-likeness (QED) is 0.922. The van der Waals surface area contributed by atoms with E-state index < -0.39 is 9.84 Å². The SMILES string of the molecule is COc1ccc2c(c1)[nH]c(=O)n2CC1CCS(=O)(=O)CC1. The lowest BCUT2D eigenvalue weighted by atomic mass is 10.0. The Hall–Kier alpha value is -1.76. The first-order valence-electron chi connectivity index (χ1n) is 6.95. The standard InChI is InChI=1S/C14H18N2O4S/c1-20-11-2-3-13-12(8-11)15-14(17)16(13)9-10-4-6-21(18,19)7-5-10/h2-3,8,10H,4-7,9H2,1H3,(H,15,17). The second kappa shape index (κ2) is 5.22. The first kappa shape index (κ1) is 14.2. The molecule has 0 atom stereocenters. The molecule has 0 aliphatic carbocycles. The van der Waals surface area contributed by atoms with Crippen LogP contribution < -0.4 is 10.4 Å². The molecule has 3 rings (SSSR count). The zero-order chi connectivity index (χ0) is 15.0. The summed E-state index contributed by atoms with van der Waals surface area (Å²) < 4.78 is 29.8. The van der Waals surface area contributed by atoms with Gasteiger partial charge in [-0.2, -0.15) is 0 Å². The second-order valence-corrected chi connectivity index (χ2v) is 7.82. The molecule has 2 aromatic rings. The monoisotopic (exact) mass is 310 g/mol. The van der Waals surface area contributed by atoms with E-state index in [4.69, 9.17) is 4.74 Å². The van der Waals surface area contributed by atoms with Crippen LogP contribution in [0.1, 0.15) is 12.8 Å². The van der Waals surface area contributed by atoms with Gasteiger partial charge in [-0.25, -0.2) is 13.2 Å². The third kappa shape index (κ3) is 2.83. The van der Waals surface area contributed by atoms with Crippen LogP contribution in [0.2, 0.25) is 0 Å². The number of benzene rings is 1. The Kier molecular flexibility index (Phi) is 3.52. The predicted molar refractivity (Wildman–Crippen MR) is 80.5 cm³/mol. The van der Waals surface area contributed by atoms with Crippen molar-refractivity contribution >= 4 is 20.9 Å². The van der Waals surface area contributed by atoms with E-state index in [0.717, 1.165) is 11.0 Å². The average molecular weight is 310 g/mol. The molecule has 1 N–H and O–H groups in total. The van der Waals surface area contributed by atoms with Gasteiger partial charge in [-0.1, -0.05) is 0 Å². The Balaban J connectivity index is 1.87. The Morgan fingerprint density at radius 3 is 2.71 bits per heavy atom. The highest BCUT2D eigenvalue weighted by molar-refractivity contribution is 7.91. The highest BCUT2D eigenvalue weighted by atomic mass is 32.2. The third-order valence-electron chi connectivity index (χ3n) is 4.10. The van der Waals surface area contributed by atoms with Gasteiger partial charge >= 0.3 is 5.69 Å². The molecular formula is C14H18N2O4S. The van der Waals surface area contributed by atoms with Crippen LogP contribution in [-0.4, -0.2) is 36.6 Å². The fourth-order valence-electron chi connectivity index (χ4n) is 2.83. The summed E-state index contributed by atoms with van der Waals surface area (Å²) in [5, 5.41) is 0. The van der Waals surface area contributed by atoms with Gasteiger partial charge in [0.1, 0.15) is 15.6 Å². The van der Waals surface area contributed by atoms with Gasteiger partial charge in [-0.15, -0.1) is 0 Å². The number of nitrogens with zero attached hydrogens (tertiary/aromatic N) is 1. The van der Waals surface area contributed by atoms with E-state index in [9.17, 15) is 13.2 Å². The summed E-state index contributed by atoms with van der Waals surface area (Å²) in [5.41, 5.74) is 1.41. The van der Waals surface area contributed by atoms with Gasteiger partial charge in [0.2, 0.25) is 0 Å². The van der Waals surface area contributed by atoms with Gasteiger partial charge in [0.15, 0.2) is 0 Å². The van der Waals surface area contributed by atoms with E-state index in [1.54, 1.807) is 17.7 Å². The topological polar surface area (TPSA) is 81.2 Å². The summed E-state index contributed by atoms with van der Waals surface area (Å²) in [4.78, 5) is 14.9. The molecule has 7 heteroatoms. The van der Waals surface area contributed by atoms with Crippen molar-refractivity contribution in [1.82, 2.24) is 9.55 Å². The number of methoxy groups -OCH3 is 1. The van der Waals surface area contributed by atoms with E-state index in [1.807, 2.05) is 12.1 Å². The first-order chi connectivity index (χ1) is 9.98. The van der Waals surface area contributed by atoms with Crippen molar-refractivity contribution in [3.63, 3.8) is 0 Å². The van der Waals surface area contributed by atoms with Crippen molar-refractivity contribution in [1.29, 1.82) is 0 Å². The first-order valence-corrected chi connectivity index (χ1v) is 8.77. The molecule has 114 valence electrons. The van der Waals surface area contributed by atoms with Crippen molar-refractivity contribution in [2.45, 2.75) is 19.4 Å². The van der Waals surface area contributed by atoms with E-state index >= 15 is 0 Å². The minimum absolute atomic E-state index is 0.160. The fraction of sp³-hybridized carbons (Fsp3) is 0.500. The maximum atomic E-state index is 12.1. The summed E-state index contributed by atoms with van der Waals surface area (Å²) in [6.45, 7) is 0.556. The molecule has 1 aliphatic rings.